The van der Waals surface area contributed by atoms with E-state index in [1.807, 2.05) is 48.5 Å². The van der Waals surface area contributed by atoms with Gasteiger partial charge in [0, 0.05) is 6.07 Å². The van der Waals surface area contributed by atoms with Crippen molar-refractivity contribution in [2.75, 3.05) is 11.5 Å². The van der Waals surface area contributed by atoms with Crippen molar-refractivity contribution in [3.8, 4) is 23.0 Å². The SMILES string of the molecule is Nc1cc(N)c(Oc2ccccc2Br)cc1Oc1ccccc1Br. The molecule has 3 aromatic rings. The van der Waals surface area contributed by atoms with E-state index in [0.717, 1.165) is 8.95 Å². The number of rotatable bonds is 4. The number of hydrogen-bond donors (Lipinski definition) is 2. The molecule has 0 heterocycles. The van der Waals surface area contributed by atoms with Crippen molar-refractivity contribution < 1.29 is 9.47 Å². The van der Waals surface area contributed by atoms with Crippen molar-refractivity contribution in [1.82, 2.24) is 0 Å². The molecule has 0 bridgehead atoms. The number of hydrogen-bond acceptors (Lipinski definition) is 4. The molecule has 4 nitrogen and oxygen atoms in total. The Morgan fingerprint density at radius 2 is 1.00 bits per heavy atom. The Hall–Kier alpha value is -2.18. The van der Waals surface area contributed by atoms with Crippen molar-refractivity contribution in [2.45, 2.75) is 0 Å². The minimum atomic E-state index is 0.433. The predicted octanol–water partition coefficient (Wildman–Crippen LogP) is 5.96. The van der Waals surface area contributed by atoms with Crippen molar-refractivity contribution in [3.05, 3.63) is 69.6 Å². The van der Waals surface area contributed by atoms with Gasteiger partial charge in [0.15, 0.2) is 11.5 Å². The average Bonchev–Trinajstić information content (AvgIpc) is 2.56. The fourth-order valence-corrected chi connectivity index (χ4v) is 2.80. The summed E-state index contributed by atoms with van der Waals surface area (Å²) in [6, 6.07) is 18.3. The van der Waals surface area contributed by atoms with Crippen molar-refractivity contribution in [1.29, 1.82) is 0 Å². The van der Waals surface area contributed by atoms with E-state index in [2.05, 4.69) is 31.9 Å². The van der Waals surface area contributed by atoms with Gasteiger partial charge in [-0.05, 0) is 62.2 Å². The van der Waals surface area contributed by atoms with Crippen molar-refractivity contribution >= 4 is 43.2 Å². The molecule has 0 atom stereocenters. The van der Waals surface area contributed by atoms with Gasteiger partial charge in [-0.1, -0.05) is 24.3 Å². The molecular formula is C18H14Br2N2O2. The van der Waals surface area contributed by atoms with E-state index in [9.17, 15) is 0 Å². The van der Waals surface area contributed by atoms with Crippen LogP contribution >= 0.6 is 31.9 Å². The van der Waals surface area contributed by atoms with Gasteiger partial charge in [0.05, 0.1) is 20.3 Å². The summed E-state index contributed by atoms with van der Waals surface area (Å²) in [6.07, 6.45) is 0. The zero-order chi connectivity index (χ0) is 17.1. The standard InChI is InChI=1S/C18H14Br2N2O2/c19-11-5-1-3-7-15(11)23-17-10-18(14(22)9-13(17)21)24-16-8-4-2-6-12(16)20/h1-10H,21-22H2. The Kier molecular flexibility index (Phi) is 4.97. The summed E-state index contributed by atoms with van der Waals surface area (Å²) in [4.78, 5) is 0. The lowest BCUT2D eigenvalue weighted by molar-refractivity contribution is 0.460. The van der Waals surface area contributed by atoms with E-state index in [1.54, 1.807) is 12.1 Å². The Balaban J connectivity index is 1.94. The highest BCUT2D eigenvalue weighted by atomic mass is 79.9. The first kappa shape index (κ1) is 16.7. The van der Waals surface area contributed by atoms with Gasteiger partial charge < -0.3 is 20.9 Å². The zero-order valence-electron chi connectivity index (χ0n) is 12.5. The lowest BCUT2D eigenvalue weighted by Gasteiger charge is -2.15. The molecule has 0 radical (unpaired) electrons. The number of nitrogens with two attached hydrogens (primary N) is 2. The Bertz CT molecular complexity index is 816. The van der Waals surface area contributed by atoms with Gasteiger partial charge in [0.1, 0.15) is 11.5 Å². The Morgan fingerprint density at radius 3 is 1.42 bits per heavy atom. The largest absolute Gasteiger partial charge is 0.454 e. The van der Waals surface area contributed by atoms with Gasteiger partial charge in [-0.15, -0.1) is 0 Å². The number of benzene rings is 3. The van der Waals surface area contributed by atoms with Gasteiger partial charge in [-0.25, -0.2) is 0 Å². The first-order valence-electron chi connectivity index (χ1n) is 7.08. The Morgan fingerprint density at radius 1 is 0.583 bits per heavy atom. The number of anilines is 2. The molecule has 0 spiro atoms. The van der Waals surface area contributed by atoms with Crippen LogP contribution in [0.4, 0.5) is 11.4 Å². The van der Waals surface area contributed by atoms with Crippen LogP contribution in [0.2, 0.25) is 0 Å². The van der Waals surface area contributed by atoms with Crippen LogP contribution in [0.5, 0.6) is 23.0 Å². The quantitative estimate of drug-likeness (QED) is 0.482. The highest BCUT2D eigenvalue weighted by Crippen LogP contribution is 2.40. The van der Waals surface area contributed by atoms with Crippen LogP contribution in [0, 0.1) is 0 Å². The van der Waals surface area contributed by atoms with E-state index in [-0.39, 0.29) is 0 Å². The zero-order valence-corrected chi connectivity index (χ0v) is 15.7. The molecular weight excluding hydrogens is 436 g/mol. The molecule has 3 rings (SSSR count). The molecule has 0 aromatic heterocycles. The predicted molar refractivity (Wildman–Crippen MR) is 104 cm³/mol. The summed E-state index contributed by atoms with van der Waals surface area (Å²) in [5, 5.41) is 0. The highest BCUT2D eigenvalue weighted by molar-refractivity contribution is 9.10. The number of halogens is 2. The summed E-state index contributed by atoms with van der Waals surface area (Å²) in [5.74, 6) is 2.25. The minimum Gasteiger partial charge on any atom is -0.454 e. The fraction of sp³-hybridized carbons (Fsp3) is 0. The molecule has 0 fully saturated rings. The van der Waals surface area contributed by atoms with E-state index >= 15 is 0 Å². The molecule has 0 amide bonds. The van der Waals surface area contributed by atoms with Crippen LogP contribution in [-0.4, -0.2) is 0 Å². The van der Waals surface area contributed by atoms with E-state index in [1.165, 1.54) is 0 Å². The molecule has 4 N–H and O–H groups in total. The maximum atomic E-state index is 6.03. The van der Waals surface area contributed by atoms with E-state index in [4.69, 9.17) is 20.9 Å². The summed E-state index contributed by atoms with van der Waals surface area (Å²) in [7, 11) is 0. The molecule has 0 saturated heterocycles. The topological polar surface area (TPSA) is 70.5 Å². The number of ether oxygens (including phenoxy) is 2. The van der Waals surface area contributed by atoms with Gasteiger partial charge in [0.2, 0.25) is 0 Å². The average molecular weight is 450 g/mol. The third-order valence-electron chi connectivity index (χ3n) is 3.26. The van der Waals surface area contributed by atoms with E-state index in [0.29, 0.717) is 34.4 Å². The molecule has 0 aliphatic rings. The third-order valence-corrected chi connectivity index (χ3v) is 4.57. The molecule has 0 aliphatic heterocycles. The monoisotopic (exact) mass is 448 g/mol. The van der Waals surface area contributed by atoms with Crippen LogP contribution in [0.3, 0.4) is 0 Å². The van der Waals surface area contributed by atoms with Crippen LogP contribution in [0.15, 0.2) is 69.6 Å². The second-order valence-electron chi connectivity index (χ2n) is 4.99. The Labute approximate surface area is 156 Å². The van der Waals surface area contributed by atoms with Crippen LogP contribution in [0.1, 0.15) is 0 Å². The van der Waals surface area contributed by atoms with E-state index < -0.39 is 0 Å². The molecule has 0 saturated carbocycles. The van der Waals surface area contributed by atoms with Gasteiger partial charge >= 0.3 is 0 Å². The van der Waals surface area contributed by atoms with Crippen LogP contribution in [-0.2, 0) is 0 Å². The van der Waals surface area contributed by atoms with Gasteiger partial charge in [-0.2, -0.15) is 0 Å². The molecule has 3 aromatic carbocycles. The number of nitrogen functional groups attached to an aromatic ring is 2. The highest BCUT2D eigenvalue weighted by Gasteiger charge is 2.12. The second kappa shape index (κ2) is 7.15. The maximum absolute atomic E-state index is 6.03. The van der Waals surface area contributed by atoms with Gasteiger partial charge in [-0.3, -0.25) is 0 Å². The minimum absolute atomic E-state index is 0.433. The lowest BCUT2D eigenvalue weighted by atomic mass is 10.2. The van der Waals surface area contributed by atoms with Crippen LogP contribution < -0.4 is 20.9 Å². The molecule has 0 unspecified atom stereocenters. The smallest absolute Gasteiger partial charge is 0.154 e. The second-order valence-corrected chi connectivity index (χ2v) is 6.70. The summed E-state index contributed by atoms with van der Waals surface area (Å²) >= 11 is 6.89. The summed E-state index contributed by atoms with van der Waals surface area (Å²) < 4.78 is 13.4. The molecule has 24 heavy (non-hydrogen) atoms. The van der Waals surface area contributed by atoms with Crippen LogP contribution in [0.25, 0.3) is 0 Å². The maximum Gasteiger partial charge on any atom is 0.154 e. The normalized spacial score (nSPS) is 10.4. The fourth-order valence-electron chi connectivity index (χ4n) is 2.06. The molecule has 6 heteroatoms. The molecule has 0 aliphatic carbocycles. The van der Waals surface area contributed by atoms with Crippen molar-refractivity contribution in [2.24, 2.45) is 0 Å². The number of para-hydroxylation sites is 2. The first-order valence-corrected chi connectivity index (χ1v) is 8.67. The van der Waals surface area contributed by atoms with Crippen molar-refractivity contribution in [3.63, 3.8) is 0 Å². The lowest BCUT2D eigenvalue weighted by Crippen LogP contribution is -1.98. The summed E-state index contributed by atoms with van der Waals surface area (Å²) in [5.41, 5.74) is 12.9. The molecule has 122 valence electrons. The first-order chi connectivity index (χ1) is 11.5. The third kappa shape index (κ3) is 3.66. The summed E-state index contributed by atoms with van der Waals surface area (Å²) in [6.45, 7) is 0. The van der Waals surface area contributed by atoms with Gasteiger partial charge in [0.25, 0.3) is 0 Å².